The molecule has 2 aromatic heterocycles. The second-order valence-corrected chi connectivity index (χ2v) is 7.59. The summed E-state index contributed by atoms with van der Waals surface area (Å²) >= 11 is 1.62. The minimum atomic E-state index is 0.150. The molecule has 0 bridgehead atoms. The smallest absolute Gasteiger partial charge is 0.227 e. The van der Waals surface area contributed by atoms with E-state index in [4.69, 9.17) is 4.74 Å². The van der Waals surface area contributed by atoms with Crippen molar-refractivity contribution in [2.24, 2.45) is 13.0 Å². The van der Waals surface area contributed by atoms with E-state index in [1.807, 2.05) is 33.5 Å². The third-order valence-corrected chi connectivity index (χ3v) is 5.50. The van der Waals surface area contributed by atoms with Crippen molar-refractivity contribution >= 4 is 17.2 Å². The van der Waals surface area contributed by atoms with Crippen molar-refractivity contribution in [2.75, 3.05) is 19.8 Å². The number of thiophene rings is 1. The van der Waals surface area contributed by atoms with Gasteiger partial charge in [-0.1, -0.05) is 5.21 Å². The number of aryl methyl sites for hydroxylation is 1. The van der Waals surface area contributed by atoms with Crippen LogP contribution in [0.3, 0.4) is 0 Å². The van der Waals surface area contributed by atoms with Gasteiger partial charge in [0, 0.05) is 26.1 Å². The summed E-state index contributed by atoms with van der Waals surface area (Å²) in [7, 11) is 1.92. The Hall–Kier alpha value is -1.73. The van der Waals surface area contributed by atoms with Crippen molar-refractivity contribution in [1.82, 2.24) is 19.9 Å². The predicted octanol–water partition coefficient (Wildman–Crippen LogP) is 1.97. The van der Waals surface area contributed by atoms with Gasteiger partial charge in [-0.05, 0) is 41.1 Å². The van der Waals surface area contributed by atoms with Crippen LogP contribution in [0.5, 0.6) is 0 Å². The number of hydrogen-bond donors (Lipinski definition) is 0. The summed E-state index contributed by atoms with van der Waals surface area (Å²) in [6, 6.07) is 2.01. The zero-order valence-electron chi connectivity index (χ0n) is 13.9. The molecular weight excluding hydrogens is 324 g/mol. The van der Waals surface area contributed by atoms with Crippen molar-refractivity contribution in [1.29, 1.82) is 0 Å². The quantitative estimate of drug-likeness (QED) is 0.802. The molecule has 1 aliphatic carbocycles. The lowest BCUT2D eigenvalue weighted by Gasteiger charge is -2.32. The maximum absolute atomic E-state index is 12.7. The number of ether oxygens (including phenoxy) is 1. The van der Waals surface area contributed by atoms with E-state index >= 15 is 0 Å². The Kier molecular flexibility index (Phi) is 4.37. The molecule has 0 aromatic carbocycles. The van der Waals surface area contributed by atoms with Crippen molar-refractivity contribution in [2.45, 2.75) is 31.7 Å². The third kappa shape index (κ3) is 3.37. The second-order valence-electron chi connectivity index (χ2n) is 6.81. The van der Waals surface area contributed by atoms with Crippen LogP contribution in [0.2, 0.25) is 0 Å². The monoisotopic (exact) mass is 346 g/mol. The lowest BCUT2D eigenvalue weighted by atomic mass is 9.98. The van der Waals surface area contributed by atoms with E-state index < -0.39 is 0 Å². The highest BCUT2D eigenvalue weighted by Gasteiger charge is 2.33. The fraction of sp³-hybridized carbons (Fsp3) is 0.588. The minimum Gasteiger partial charge on any atom is -0.380 e. The van der Waals surface area contributed by atoms with Crippen molar-refractivity contribution in [3.8, 4) is 0 Å². The molecule has 1 atom stereocenters. The van der Waals surface area contributed by atoms with Crippen LogP contribution in [0.4, 0.5) is 0 Å². The van der Waals surface area contributed by atoms with Gasteiger partial charge >= 0.3 is 0 Å². The van der Waals surface area contributed by atoms with E-state index in [0.717, 1.165) is 29.5 Å². The van der Waals surface area contributed by atoms with Gasteiger partial charge in [-0.15, -0.1) is 5.10 Å². The molecule has 1 saturated carbocycles. The Morgan fingerprint density at radius 1 is 1.42 bits per heavy atom. The molecular formula is C17H22N4O2S. The first kappa shape index (κ1) is 15.8. The summed E-state index contributed by atoms with van der Waals surface area (Å²) in [6.07, 6.45) is 3.03. The summed E-state index contributed by atoms with van der Waals surface area (Å²) in [5.74, 6) is 1.05. The number of nitrogens with zero attached hydrogens (tertiary/aromatic N) is 4. The molecule has 7 heteroatoms. The molecule has 0 N–H and O–H groups in total. The molecule has 2 aromatic rings. The number of fused-ring (bicyclic) bond motifs is 1. The number of hydrogen-bond acceptors (Lipinski definition) is 5. The van der Waals surface area contributed by atoms with E-state index in [-0.39, 0.29) is 11.8 Å². The van der Waals surface area contributed by atoms with Crippen LogP contribution >= 0.6 is 11.3 Å². The van der Waals surface area contributed by atoms with Crippen LogP contribution in [-0.4, -0.2) is 45.6 Å². The number of aromatic nitrogens is 3. The summed E-state index contributed by atoms with van der Waals surface area (Å²) < 4.78 is 7.74. The van der Waals surface area contributed by atoms with Gasteiger partial charge in [-0.3, -0.25) is 9.48 Å². The fourth-order valence-electron chi connectivity index (χ4n) is 3.28. The highest BCUT2D eigenvalue weighted by molar-refractivity contribution is 7.07. The molecule has 2 aliphatic rings. The molecule has 128 valence electrons. The number of carbonyl (C=O) groups is 1. The summed E-state index contributed by atoms with van der Waals surface area (Å²) in [5.41, 5.74) is 3.10. The lowest BCUT2D eigenvalue weighted by molar-refractivity contribution is -0.132. The Bertz CT molecular complexity index is 708. The zero-order chi connectivity index (χ0) is 16.5. The molecule has 24 heavy (non-hydrogen) atoms. The molecule has 0 saturated heterocycles. The molecule has 4 rings (SSSR count). The fourth-order valence-corrected chi connectivity index (χ4v) is 3.95. The minimum absolute atomic E-state index is 0.150. The van der Waals surface area contributed by atoms with Gasteiger partial charge in [0.05, 0.1) is 25.3 Å². The average Bonchev–Trinajstić information content (AvgIpc) is 3.10. The Morgan fingerprint density at radius 2 is 2.29 bits per heavy atom. The number of carbonyl (C=O) groups excluding carboxylic acids is 1. The normalized spacial score (nSPS) is 20.2. The van der Waals surface area contributed by atoms with Gasteiger partial charge in [0.2, 0.25) is 5.91 Å². The zero-order valence-corrected chi connectivity index (χ0v) is 14.7. The van der Waals surface area contributed by atoms with Crippen molar-refractivity contribution in [3.05, 3.63) is 33.8 Å². The highest BCUT2D eigenvalue weighted by atomic mass is 32.1. The van der Waals surface area contributed by atoms with Gasteiger partial charge in [-0.2, -0.15) is 11.3 Å². The van der Waals surface area contributed by atoms with Crippen LogP contribution in [0.1, 0.15) is 35.7 Å². The Labute approximate surface area is 145 Å². The molecule has 1 amide bonds. The first-order valence-corrected chi connectivity index (χ1v) is 9.40. The van der Waals surface area contributed by atoms with Crippen LogP contribution in [0.25, 0.3) is 0 Å². The highest BCUT2D eigenvalue weighted by Crippen LogP contribution is 2.31. The third-order valence-electron chi connectivity index (χ3n) is 4.77. The maximum Gasteiger partial charge on any atom is 0.227 e. The predicted molar refractivity (Wildman–Crippen MR) is 90.7 cm³/mol. The van der Waals surface area contributed by atoms with Gasteiger partial charge in [0.1, 0.15) is 5.69 Å². The molecule has 1 fully saturated rings. The summed E-state index contributed by atoms with van der Waals surface area (Å²) in [4.78, 5) is 14.6. The van der Waals surface area contributed by atoms with Crippen LogP contribution in [0, 0.1) is 5.92 Å². The Morgan fingerprint density at radius 3 is 3.04 bits per heavy atom. The SMILES string of the molecule is Cn1nnc2c1[C@H](COCC1CC1)CN(C(=O)Cc1ccsc1)C2. The topological polar surface area (TPSA) is 60.2 Å². The van der Waals surface area contributed by atoms with E-state index in [1.54, 1.807) is 11.3 Å². The number of rotatable bonds is 6. The van der Waals surface area contributed by atoms with E-state index in [9.17, 15) is 4.79 Å². The van der Waals surface area contributed by atoms with Gasteiger partial charge in [0.15, 0.2) is 0 Å². The molecule has 0 spiro atoms. The largest absolute Gasteiger partial charge is 0.380 e. The van der Waals surface area contributed by atoms with Crippen molar-refractivity contribution in [3.63, 3.8) is 0 Å². The summed E-state index contributed by atoms with van der Waals surface area (Å²) in [5, 5.41) is 12.4. The average molecular weight is 346 g/mol. The Balaban J connectivity index is 1.45. The van der Waals surface area contributed by atoms with Crippen LogP contribution in [-0.2, 0) is 29.5 Å². The van der Waals surface area contributed by atoms with Crippen LogP contribution in [0.15, 0.2) is 16.8 Å². The van der Waals surface area contributed by atoms with E-state index in [1.165, 1.54) is 12.8 Å². The van der Waals surface area contributed by atoms with Gasteiger partial charge in [0.25, 0.3) is 0 Å². The number of amides is 1. The first-order valence-electron chi connectivity index (χ1n) is 8.45. The van der Waals surface area contributed by atoms with Crippen molar-refractivity contribution < 1.29 is 9.53 Å². The molecule has 0 radical (unpaired) electrons. The molecule has 3 heterocycles. The van der Waals surface area contributed by atoms with Gasteiger partial charge < -0.3 is 9.64 Å². The maximum atomic E-state index is 12.7. The van der Waals surface area contributed by atoms with Gasteiger partial charge in [-0.25, -0.2) is 0 Å². The van der Waals surface area contributed by atoms with Crippen LogP contribution < -0.4 is 0 Å². The molecule has 6 nitrogen and oxygen atoms in total. The van der Waals surface area contributed by atoms with E-state index in [2.05, 4.69) is 10.3 Å². The molecule has 1 aliphatic heterocycles. The lowest BCUT2D eigenvalue weighted by Crippen LogP contribution is -2.41. The van der Waals surface area contributed by atoms with E-state index in [0.29, 0.717) is 26.1 Å². The summed E-state index contributed by atoms with van der Waals surface area (Å²) in [6.45, 7) is 2.69. The first-order chi connectivity index (χ1) is 11.7. The second kappa shape index (κ2) is 6.64. The molecule has 0 unspecified atom stereocenters. The standard InChI is InChI=1S/C17H22N4O2S/c1-20-17-14(10-23-9-12-2-3-12)7-21(8-15(17)18-19-20)16(22)6-13-4-5-24-11-13/h4-5,11-12,14H,2-3,6-10H2,1H3/t14-/m0/s1.